The highest BCUT2D eigenvalue weighted by Gasteiger charge is 2.30. The largest absolute Gasteiger partial charge is 0.376 e. The molecule has 3 N–H and O–H groups in total. The lowest BCUT2D eigenvalue weighted by Crippen LogP contribution is -2.44. The zero-order valence-electron chi connectivity index (χ0n) is 9.98. The van der Waals surface area contributed by atoms with E-state index in [1.165, 1.54) is 5.56 Å². The number of hydrogen-bond acceptors (Lipinski definition) is 3. The Balaban J connectivity index is 2.06. The molecule has 1 aliphatic heterocycles. The van der Waals surface area contributed by atoms with Gasteiger partial charge >= 0.3 is 0 Å². The number of aryl methyl sites for hydroxylation is 1. The quantitative estimate of drug-likeness (QED) is 0.828. The summed E-state index contributed by atoms with van der Waals surface area (Å²) in [5, 5.41) is 3.15. The molecule has 4 nitrogen and oxygen atoms in total. The Kier molecular flexibility index (Phi) is 3.64. The number of rotatable bonds is 4. The molecule has 0 saturated carbocycles. The maximum absolute atomic E-state index is 11.4. The summed E-state index contributed by atoms with van der Waals surface area (Å²) in [7, 11) is 0. The minimum atomic E-state index is -0.444. The van der Waals surface area contributed by atoms with Gasteiger partial charge in [-0.15, -0.1) is 0 Å². The van der Waals surface area contributed by atoms with Crippen LogP contribution in [0, 0.1) is 6.92 Å². The molecule has 17 heavy (non-hydrogen) atoms. The number of primary amides is 1. The highest BCUT2D eigenvalue weighted by atomic mass is 16.5. The van der Waals surface area contributed by atoms with Crippen LogP contribution in [0.5, 0.6) is 0 Å². The number of ether oxygens (including phenoxy) is 1. The smallest absolute Gasteiger partial charge is 0.242 e. The van der Waals surface area contributed by atoms with Gasteiger partial charge in [-0.05, 0) is 31.9 Å². The molecule has 1 saturated heterocycles. The van der Waals surface area contributed by atoms with E-state index in [1.54, 1.807) is 0 Å². The van der Waals surface area contributed by atoms with Gasteiger partial charge in [-0.1, -0.05) is 17.7 Å². The van der Waals surface area contributed by atoms with E-state index in [0.717, 1.165) is 18.5 Å². The first-order valence-corrected chi connectivity index (χ1v) is 5.91. The van der Waals surface area contributed by atoms with Gasteiger partial charge in [0.15, 0.2) is 0 Å². The van der Waals surface area contributed by atoms with Gasteiger partial charge in [-0.2, -0.15) is 0 Å². The summed E-state index contributed by atoms with van der Waals surface area (Å²) in [5.41, 5.74) is 7.49. The number of carbonyl (C=O) groups excluding carboxylic acids is 1. The van der Waals surface area contributed by atoms with E-state index in [9.17, 15) is 4.79 Å². The van der Waals surface area contributed by atoms with E-state index >= 15 is 0 Å². The maximum Gasteiger partial charge on any atom is 0.242 e. The van der Waals surface area contributed by atoms with Crippen LogP contribution in [-0.2, 0) is 9.53 Å². The summed E-state index contributed by atoms with van der Waals surface area (Å²) in [6.07, 6.45) is 1.77. The van der Waals surface area contributed by atoms with Crippen LogP contribution in [0.4, 0.5) is 5.69 Å². The lowest BCUT2D eigenvalue weighted by Gasteiger charge is -2.22. The normalized spacial score (nSPS) is 21.1. The number of nitrogens with one attached hydrogen (secondary N) is 1. The molecule has 1 fully saturated rings. The highest BCUT2D eigenvalue weighted by Crippen LogP contribution is 2.19. The third kappa shape index (κ3) is 2.97. The van der Waals surface area contributed by atoms with Crippen LogP contribution < -0.4 is 11.1 Å². The molecule has 1 heterocycles. The molecule has 0 radical (unpaired) electrons. The van der Waals surface area contributed by atoms with Crippen molar-refractivity contribution in [3.05, 3.63) is 29.8 Å². The SMILES string of the molecule is Cc1ccc(NC(C(N)=O)C2CCCO2)cc1. The molecule has 0 aromatic heterocycles. The first-order valence-electron chi connectivity index (χ1n) is 5.91. The minimum absolute atomic E-state index is 0.103. The van der Waals surface area contributed by atoms with Crippen LogP contribution in [-0.4, -0.2) is 24.7 Å². The summed E-state index contributed by atoms with van der Waals surface area (Å²) < 4.78 is 5.51. The van der Waals surface area contributed by atoms with Crippen LogP contribution >= 0.6 is 0 Å². The van der Waals surface area contributed by atoms with Crippen LogP contribution in [0.25, 0.3) is 0 Å². The Bertz CT molecular complexity index is 383. The van der Waals surface area contributed by atoms with Gasteiger partial charge in [0.25, 0.3) is 0 Å². The lowest BCUT2D eigenvalue weighted by atomic mass is 10.1. The number of hydrogen-bond donors (Lipinski definition) is 2. The van der Waals surface area contributed by atoms with Gasteiger partial charge in [-0.3, -0.25) is 4.79 Å². The van der Waals surface area contributed by atoms with E-state index in [1.807, 2.05) is 31.2 Å². The van der Waals surface area contributed by atoms with Crippen molar-refractivity contribution >= 4 is 11.6 Å². The van der Waals surface area contributed by atoms with E-state index < -0.39 is 6.04 Å². The molecular weight excluding hydrogens is 216 g/mol. The van der Waals surface area contributed by atoms with E-state index in [4.69, 9.17) is 10.5 Å². The van der Waals surface area contributed by atoms with E-state index in [0.29, 0.717) is 6.61 Å². The zero-order valence-corrected chi connectivity index (χ0v) is 9.98. The second-order valence-electron chi connectivity index (χ2n) is 4.44. The number of carbonyl (C=O) groups is 1. The van der Waals surface area contributed by atoms with Crippen molar-refractivity contribution in [2.75, 3.05) is 11.9 Å². The fourth-order valence-corrected chi connectivity index (χ4v) is 2.04. The molecule has 4 heteroatoms. The van der Waals surface area contributed by atoms with Crippen molar-refractivity contribution in [3.8, 4) is 0 Å². The Hall–Kier alpha value is -1.55. The molecule has 92 valence electrons. The topological polar surface area (TPSA) is 64.3 Å². The zero-order chi connectivity index (χ0) is 12.3. The van der Waals surface area contributed by atoms with Gasteiger partial charge in [0.1, 0.15) is 6.04 Å². The van der Waals surface area contributed by atoms with Gasteiger partial charge < -0.3 is 15.8 Å². The van der Waals surface area contributed by atoms with Crippen LogP contribution in [0.2, 0.25) is 0 Å². The van der Waals surface area contributed by atoms with E-state index in [-0.39, 0.29) is 12.0 Å². The molecular formula is C13H18N2O2. The number of amides is 1. The predicted octanol–water partition coefficient (Wildman–Crippen LogP) is 1.44. The fourth-order valence-electron chi connectivity index (χ4n) is 2.04. The minimum Gasteiger partial charge on any atom is -0.376 e. The molecule has 0 bridgehead atoms. The molecule has 1 aromatic carbocycles. The van der Waals surface area contributed by atoms with Crippen molar-refractivity contribution in [2.24, 2.45) is 5.73 Å². The summed E-state index contributed by atoms with van der Waals surface area (Å²) in [6.45, 7) is 2.74. The summed E-state index contributed by atoms with van der Waals surface area (Å²) in [5.74, 6) is -0.363. The summed E-state index contributed by atoms with van der Waals surface area (Å²) in [6, 6.07) is 7.44. The second kappa shape index (κ2) is 5.19. The molecule has 0 spiro atoms. The first kappa shape index (κ1) is 11.9. The average molecular weight is 234 g/mol. The fraction of sp³-hybridized carbons (Fsp3) is 0.462. The predicted molar refractivity (Wildman–Crippen MR) is 66.8 cm³/mol. The molecule has 0 aliphatic carbocycles. The van der Waals surface area contributed by atoms with Gasteiger partial charge in [0.2, 0.25) is 5.91 Å². The Morgan fingerprint density at radius 2 is 2.18 bits per heavy atom. The summed E-state index contributed by atoms with van der Waals surface area (Å²) >= 11 is 0. The highest BCUT2D eigenvalue weighted by molar-refractivity contribution is 5.83. The molecule has 1 aromatic rings. The third-order valence-electron chi connectivity index (χ3n) is 3.02. The Morgan fingerprint density at radius 1 is 1.47 bits per heavy atom. The maximum atomic E-state index is 11.4. The molecule has 1 aliphatic rings. The van der Waals surface area contributed by atoms with Crippen molar-refractivity contribution < 1.29 is 9.53 Å². The van der Waals surface area contributed by atoms with E-state index in [2.05, 4.69) is 5.32 Å². The van der Waals surface area contributed by atoms with Gasteiger partial charge in [0.05, 0.1) is 6.10 Å². The number of benzene rings is 1. The first-order chi connectivity index (χ1) is 8.16. The number of anilines is 1. The van der Waals surface area contributed by atoms with Crippen LogP contribution in [0.1, 0.15) is 18.4 Å². The van der Waals surface area contributed by atoms with Crippen LogP contribution in [0.3, 0.4) is 0 Å². The van der Waals surface area contributed by atoms with Crippen molar-refractivity contribution in [2.45, 2.75) is 31.9 Å². The molecule has 2 unspecified atom stereocenters. The van der Waals surface area contributed by atoms with Crippen molar-refractivity contribution in [1.82, 2.24) is 0 Å². The van der Waals surface area contributed by atoms with Crippen LogP contribution in [0.15, 0.2) is 24.3 Å². The molecule has 2 atom stereocenters. The number of nitrogens with two attached hydrogens (primary N) is 1. The lowest BCUT2D eigenvalue weighted by molar-refractivity contribution is -0.121. The average Bonchev–Trinajstić information content (AvgIpc) is 2.81. The van der Waals surface area contributed by atoms with Gasteiger partial charge in [0, 0.05) is 12.3 Å². The van der Waals surface area contributed by atoms with Crippen molar-refractivity contribution in [3.63, 3.8) is 0 Å². The molecule has 1 amide bonds. The Morgan fingerprint density at radius 3 is 2.71 bits per heavy atom. The monoisotopic (exact) mass is 234 g/mol. The standard InChI is InChI=1S/C13H18N2O2/c1-9-4-6-10(7-5-9)15-12(13(14)16)11-3-2-8-17-11/h4-7,11-12,15H,2-3,8H2,1H3,(H2,14,16). The molecule has 2 rings (SSSR count). The van der Waals surface area contributed by atoms with Crippen molar-refractivity contribution in [1.29, 1.82) is 0 Å². The second-order valence-corrected chi connectivity index (χ2v) is 4.44. The third-order valence-corrected chi connectivity index (χ3v) is 3.02. The Labute approximate surface area is 101 Å². The van der Waals surface area contributed by atoms with Gasteiger partial charge in [-0.25, -0.2) is 0 Å². The summed E-state index contributed by atoms with van der Waals surface area (Å²) in [4.78, 5) is 11.4.